The van der Waals surface area contributed by atoms with Gasteiger partial charge in [0.1, 0.15) is 0 Å². The van der Waals surface area contributed by atoms with Crippen LogP contribution in [0.3, 0.4) is 0 Å². The predicted octanol–water partition coefficient (Wildman–Crippen LogP) is 2.36. The highest BCUT2D eigenvalue weighted by Crippen LogP contribution is 2.28. The van der Waals surface area contributed by atoms with E-state index >= 15 is 0 Å². The van der Waals surface area contributed by atoms with E-state index < -0.39 is 16.0 Å². The Balaban J connectivity index is 2.11. The minimum Gasteiger partial charge on any atom is -0.337 e. The Bertz CT molecular complexity index is 1210. The van der Waals surface area contributed by atoms with Crippen LogP contribution in [0, 0.1) is 17.0 Å². The third kappa shape index (κ3) is 3.52. The number of benzene rings is 2. The smallest absolute Gasteiger partial charge is 0.314 e. The molecule has 144 valence electrons. The number of aromatic amines is 2. The normalized spacial score (nSPS) is 10.8. The zero-order chi connectivity index (χ0) is 20.6. The van der Waals surface area contributed by atoms with Crippen LogP contribution < -0.4 is 11.1 Å². The fourth-order valence-corrected chi connectivity index (χ4v) is 3.05. The first kappa shape index (κ1) is 19.3. The largest absolute Gasteiger partial charge is 0.337 e. The Morgan fingerprint density at radius 2 is 1.79 bits per heavy atom. The summed E-state index contributed by atoms with van der Waals surface area (Å²) in [5, 5.41) is 11.9. The molecule has 0 spiro atoms. The number of nitro groups is 1. The molecular formula is C18H15ClN4O5. The third-order valence-electron chi connectivity index (χ3n) is 4.41. The molecule has 0 atom stereocenters. The summed E-state index contributed by atoms with van der Waals surface area (Å²) >= 11 is 5.83. The average molecular weight is 403 g/mol. The van der Waals surface area contributed by atoms with Crippen LogP contribution in [0.15, 0.2) is 39.9 Å². The van der Waals surface area contributed by atoms with Crippen molar-refractivity contribution in [3.8, 4) is 0 Å². The third-order valence-corrected chi connectivity index (χ3v) is 4.66. The van der Waals surface area contributed by atoms with Gasteiger partial charge in [-0.25, -0.2) is 0 Å². The van der Waals surface area contributed by atoms with E-state index in [1.54, 1.807) is 24.3 Å². The highest BCUT2D eigenvalue weighted by Gasteiger charge is 2.22. The van der Waals surface area contributed by atoms with Gasteiger partial charge in [-0.1, -0.05) is 11.6 Å². The Morgan fingerprint density at radius 3 is 2.39 bits per heavy atom. The molecule has 0 saturated heterocycles. The molecule has 28 heavy (non-hydrogen) atoms. The lowest BCUT2D eigenvalue weighted by Crippen LogP contribution is -2.31. The molecule has 0 saturated carbocycles. The summed E-state index contributed by atoms with van der Waals surface area (Å²) in [6.07, 6.45) is 0. The molecule has 2 aromatic carbocycles. The minimum atomic E-state index is -0.915. The van der Waals surface area contributed by atoms with Crippen LogP contribution in [0.1, 0.15) is 21.5 Å². The molecule has 0 aliphatic heterocycles. The van der Waals surface area contributed by atoms with Crippen molar-refractivity contribution in [1.82, 2.24) is 14.9 Å². The number of nitro benzene ring substituents is 1. The zero-order valence-electron chi connectivity index (χ0n) is 14.9. The molecule has 0 aliphatic rings. The number of nitrogens with one attached hydrogen (secondary N) is 2. The fourth-order valence-electron chi connectivity index (χ4n) is 2.92. The molecule has 0 bridgehead atoms. The molecule has 1 aromatic heterocycles. The number of carbonyl (C=O) groups is 1. The standard InChI is InChI=1S/C18H15ClN4O5/c1-9-12(8-22(2)18(26)10-3-5-11(19)6-4-10)15-13(7-14(9)23(27)28)20-16(24)17(25)21-15/h3-7H,8H2,1-2H3,(H,20,24)(H,21,25). The minimum absolute atomic E-state index is 0.0204. The number of nitrogens with zero attached hydrogens (tertiary/aromatic N) is 2. The van der Waals surface area contributed by atoms with Crippen molar-refractivity contribution in [1.29, 1.82) is 0 Å². The molecule has 3 rings (SSSR count). The number of halogens is 1. The Hall–Kier alpha value is -3.46. The lowest BCUT2D eigenvalue weighted by Gasteiger charge is -2.20. The second-order valence-electron chi connectivity index (χ2n) is 6.26. The second kappa shape index (κ2) is 7.28. The summed E-state index contributed by atoms with van der Waals surface area (Å²) in [5.41, 5.74) is -0.624. The Labute approximate surface area is 162 Å². The summed E-state index contributed by atoms with van der Waals surface area (Å²) in [6, 6.07) is 7.49. The van der Waals surface area contributed by atoms with Gasteiger partial charge in [0.25, 0.3) is 11.6 Å². The molecule has 0 fully saturated rings. The molecule has 3 aromatic rings. The molecule has 0 radical (unpaired) electrons. The van der Waals surface area contributed by atoms with Gasteiger partial charge < -0.3 is 14.9 Å². The molecule has 10 heteroatoms. The maximum Gasteiger partial charge on any atom is 0.314 e. The molecule has 0 aliphatic carbocycles. The highest BCUT2D eigenvalue weighted by atomic mass is 35.5. The van der Waals surface area contributed by atoms with Crippen molar-refractivity contribution in [2.45, 2.75) is 13.5 Å². The van der Waals surface area contributed by atoms with Crippen molar-refractivity contribution in [2.24, 2.45) is 0 Å². The number of aromatic nitrogens is 2. The van der Waals surface area contributed by atoms with E-state index in [1.807, 2.05) is 0 Å². The first-order chi connectivity index (χ1) is 13.2. The number of hydrogen-bond donors (Lipinski definition) is 2. The predicted molar refractivity (Wildman–Crippen MR) is 104 cm³/mol. The van der Waals surface area contributed by atoms with Crippen LogP contribution >= 0.6 is 11.6 Å². The van der Waals surface area contributed by atoms with Crippen LogP contribution in [-0.2, 0) is 6.54 Å². The monoisotopic (exact) mass is 402 g/mol. The lowest BCUT2D eigenvalue weighted by atomic mass is 10.0. The summed E-state index contributed by atoms with van der Waals surface area (Å²) in [7, 11) is 1.53. The zero-order valence-corrected chi connectivity index (χ0v) is 15.7. The maximum atomic E-state index is 12.7. The fraction of sp³-hybridized carbons (Fsp3) is 0.167. The molecule has 9 nitrogen and oxygen atoms in total. The molecule has 1 amide bonds. The van der Waals surface area contributed by atoms with Gasteiger partial charge in [0.2, 0.25) is 0 Å². The van der Waals surface area contributed by atoms with E-state index in [9.17, 15) is 24.5 Å². The van der Waals surface area contributed by atoms with E-state index in [2.05, 4.69) is 9.97 Å². The van der Waals surface area contributed by atoms with Gasteiger partial charge >= 0.3 is 11.1 Å². The highest BCUT2D eigenvalue weighted by molar-refractivity contribution is 6.30. The average Bonchev–Trinajstić information content (AvgIpc) is 2.65. The van der Waals surface area contributed by atoms with Crippen molar-refractivity contribution in [3.05, 3.63) is 82.9 Å². The van der Waals surface area contributed by atoms with Crippen LogP contribution in [0.4, 0.5) is 5.69 Å². The van der Waals surface area contributed by atoms with Crippen LogP contribution in [0.5, 0.6) is 0 Å². The molecule has 1 heterocycles. The van der Waals surface area contributed by atoms with Gasteiger partial charge in [-0.15, -0.1) is 0 Å². The van der Waals surface area contributed by atoms with E-state index in [-0.39, 0.29) is 34.7 Å². The van der Waals surface area contributed by atoms with Gasteiger partial charge in [-0.3, -0.25) is 24.5 Å². The number of rotatable bonds is 4. The number of amides is 1. The van der Waals surface area contributed by atoms with Crippen LogP contribution in [0.2, 0.25) is 5.02 Å². The summed E-state index contributed by atoms with van der Waals surface area (Å²) in [6.45, 7) is 1.50. The van der Waals surface area contributed by atoms with Gasteiger partial charge in [-0.05, 0) is 31.2 Å². The van der Waals surface area contributed by atoms with E-state index in [1.165, 1.54) is 24.9 Å². The number of H-pyrrole nitrogens is 2. The molecular weight excluding hydrogens is 388 g/mol. The van der Waals surface area contributed by atoms with Crippen molar-refractivity contribution < 1.29 is 9.72 Å². The van der Waals surface area contributed by atoms with Crippen molar-refractivity contribution in [3.63, 3.8) is 0 Å². The van der Waals surface area contributed by atoms with Crippen molar-refractivity contribution in [2.75, 3.05) is 7.05 Å². The number of fused-ring (bicyclic) bond motifs is 1. The second-order valence-corrected chi connectivity index (χ2v) is 6.69. The number of hydrogen-bond acceptors (Lipinski definition) is 5. The van der Waals surface area contributed by atoms with Crippen LogP contribution in [0.25, 0.3) is 11.0 Å². The van der Waals surface area contributed by atoms with E-state index in [0.717, 1.165) is 0 Å². The van der Waals surface area contributed by atoms with Crippen LogP contribution in [-0.4, -0.2) is 32.7 Å². The van der Waals surface area contributed by atoms with Gasteiger partial charge in [0.15, 0.2) is 0 Å². The number of carbonyl (C=O) groups excluding carboxylic acids is 1. The first-order valence-corrected chi connectivity index (χ1v) is 8.51. The Morgan fingerprint density at radius 1 is 1.18 bits per heavy atom. The van der Waals surface area contributed by atoms with Gasteiger partial charge in [0, 0.05) is 41.4 Å². The van der Waals surface area contributed by atoms with E-state index in [0.29, 0.717) is 16.1 Å². The molecule has 2 N–H and O–H groups in total. The van der Waals surface area contributed by atoms with Gasteiger partial charge in [0.05, 0.1) is 16.0 Å². The SMILES string of the molecule is Cc1c([N+](=O)[O-])cc2[nH]c(=O)c(=O)[nH]c2c1CN(C)C(=O)c1ccc(Cl)cc1. The first-order valence-electron chi connectivity index (χ1n) is 8.13. The molecule has 0 unspecified atom stereocenters. The van der Waals surface area contributed by atoms with Gasteiger partial charge in [-0.2, -0.15) is 0 Å². The maximum absolute atomic E-state index is 12.7. The summed E-state index contributed by atoms with van der Waals surface area (Å²) in [5.74, 6) is -0.331. The van der Waals surface area contributed by atoms with Crippen molar-refractivity contribution >= 4 is 34.2 Å². The quantitative estimate of drug-likeness (QED) is 0.393. The Kier molecular flexibility index (Phi) is 5.02. The summed E-state index contributed by atoms with van der Waals surface area (Å²) in [4.78, 5) is 53.0. The topological polar surface area (TPSA) is 129 Å². The lowest BCUT2D eigenvalue weighted by molar-refractivity contribution is -0.385. The summed E-state index contributed by atoms with van der Waals surface area (Å²) < 4.78 is 0. The van der Waals surface area contributed by atoms with E-state index in [4.69, 9.17) is 11.6 Å².